The van der Waals surface area contributed by atoms with Gasteiger partial charge in [-0.1, -0.05) is 18.2 Å². The number of rotatable bonds is 6. The van der Waals surface area contributed by atoms with Gasteiger partial charge in [-0.25, -0.2) is 4.79 Å². The molecular formula is C20H32N6O2. The Bertz CT molecular complexity index is 639. The number of nitrogens with zero attached hydrogens (tertiary/aromatic N) is 4. The average molecular weight is 389 g/mol. The summed E-state index contributed by atoms with van der Waals surface area (Å²) in [6.45, 7) is 9.72. The summed E-state index contributed by atoms with van der Waals surface area (Å²) in [4.78, 5) is 32.1. The first-order valence-corrected chi connectivity index (χ1v) is 10.1. The van der Waals surface area contributed by atoms with E-state index in [0.29, 0.717) is 38.8 Å². The molecule has 1 unspecified atom stereocenters. The molecule has 3 amide bonds. The standard InChI is InChI=1S/C20H32N6O2/c1-17(24-11-13-25(14-12-24)18-5-3-2-4-6-18)15-22-20(28)26-9-7-23(8-10-26)16-19(21)27/h2-6,17H,7-16H2,1H3,(H2,21,27)(H,22,28). The van der Waals surface area contributed by atoms with E-state index in [2.05, 4.69) is 46.3 Å². The van der Waals surface area contributed by atoms with E-state index in [-0.39, 0.29) is 18.5 Å². The number of para-hydroxylation sites is 1. The van der Waals surface area contributed by atoms with Crippen LogP contribution in [0, 0.1) is 0 Å². The second-order valence-corrected chi connectivity index (χ2v) is 7.62. The molecule has 1 aromatic rings. The molecule has 0 radical (unpaired) electrons. The maximum absolute atomic E-state index is 12.4. The zero-order chi connectivity index (χ0) is 19.9. The molecule has 1 aromatic carbocycles. The SMILES string of the molecule is CC(CNC(=O)N1CCN(CC(N)=O)CC1)N1CCN(c2ccccc2)CC1. The summed E-state index contributed by atoms with van der Waals surface area (Å²) in [5, 5.41) is 3.07. The summed E-state index contributed by atoms with van der Waals surface area (Å²) in [7, 11) is 0. The third kappa shape index (κ3) is 5.59. The maximum atomic E-state index is 12.4. The van der Waals surface area contributed by atoms with Crippen LogP contribution in [0.4, 0.5) is 10.5 Å². The molecule has 0 aliphatic carbocycles. The lowest BCUT2D eigenvalue weighted by Crippen LogP contribution is -2.56. The van der Waals surface area contributed by atoms with Crippen LogP contribution in [0.1, 0.15) is 6.92 Å². The summed E-state index contributed by atoms with van der Waals surface area (Å²) in [5.41, 5.74) is 6.51. The minimum atomic E-state index is -0.320. The Kier molecular flexibility index (Phi) is 7.11. The first-order valence-electron chi connectivity index (χ1n) is 10.1. The van der Waals surface area contributed by atoms with Crippen molar-refractivity contribution < 1.29 is 9.59 Å². The Morgan fingerprint density at radius 3 is 2.25 bits per heavy atom. The van der Waals surface area contributed by atoms with Gasteiger partial charge in [0.15, 0.2) is 0 Å². The van der Waals surface area contributed by atoms with Gasteiger partial charge in [0.1, 0.15) is 0 Å². The predicted molar refractivity (Wildman–Crippen MR) is 110 cm³/mol. The number of carbonyl (C=O) groups excluding carboxylic acids is 2. The first kappa shape index (κ1) is 20.4. The van der Waals surface area contributed by atoms with Crippen molar-refractivity contribution in [2.45, 2.75) is 13.0 Å². The minimum absolute atomic E-state index is 0.0199. The number of nitrogens with one attached hydrogen (secondary N) is 1. The van der Waals surface area contributed by atoms with Crippen LogP contribution in [0.3, 0.4) is 0 Å². The van der Waals surface area contributed by atoms with Crippen molar-refractivity contribution in [3.8, 4) is 0 Å². The number of urea groups is 1. The van der Waals surface area contributed by atoms with Crippen molar-refractivity contribution in [1.82, 2.24) is 20.0 Å². The number of piperazine rings is 2. The second kappa shape index (κ2) is 9.75. The molecule has 0 saturated carbocycles. The van der Waals surface area contributed by atoms with E-state index in [1.54, 1.807) is 0 Å². The molecule has 154 valence electrons. The summed E-state index contributed by atoms with van der Waals surface area (Å²) in [6, 6.07) is 10.8. The zero-order valence-electron chi connectivity index (χ0n) is 16.7. The quantitative estimate of drug-likeness (QED) is 0.717. The van der Waals surface area contributed by atoms with Crippen LogP contribution >= 0.6 is 0 Å². The summed E-state index contributed by atoms with van der Waals surface area (Å²) in [5.74, 6) is -0.320. The Morgan fingerprint density at radius 2 is 1.64 bits per heavy atom. The van der Waals surface area contributed by atoms with Gasteiger partial charge >= 0.3 is 6.03 Å². The number of benzene rings is 1. The number of amides is 3. The Morgan fingerprint density at radius 1 is 1.00 bits per heavy atom. The molecule has 2 heterocycles. The van der Waals surface area contributed by atoms with Crippen LogP contribution in [-0.2, 0) is 4.79 Å². The molecule has 8 nitrogen and oxygen atoms in total. The minimum Gasteiger partial charge on any atom is -0.369 e. The fraction of sp³-hybridized carbons (Fsp3) is 0.600. The van der Waals surface area contributed by atoms with Gasteiger partial charge in [0.2, 0.25) is 5.91 Å². The van der Waals surface area contributed by atoms with Crippen molar-refractivity contribution in [2.75, 3.05) is 70.3 Å². The van der Waals surface area contributed by atoms with Crippen LogP contribution in [0.2, 0.25) is 0 Å². The van der Waals surface area contributed by atoms with Crippen molar-refractivity contribution in [1.29, 1.82) is 0 Å². The molecule has 3 N–H and O–H groups in total. The Hall–Kier alpha value is -2.32. The van der Waals surface area contributed by atoms with Gasteiger partial charge in [-0.15, -0.1) is 0 Å². The highest BCUT2D eigenvalue weighted by atomic mass is 16.2. The number of nitrogens with two attached hydrogens (primary N) is 1. The number of primary amides is 1. The van der Waals surface area contributed by atoms with Gasteiger partial charge in [-0.3, -0.25) is 14.6 Å². The van der Waals surface area contributed by atoms with Crippen molar-refractivity contribution in [2.24, 2.45) is 5.73 Å². The molecule has 2 aliphatic rings. The fourth-order valence-electron chi connectivity index (χ4n) is 3.87. The second-order valence-electron chi connectivity index (χ2n) is 7.62. The third-order valence-corrected chi connectivity index (χ3v) is 5.65. The lowest BCUT2D eigenvalue weighted by molar-refractivity contribution is -0.119. The molecule has 0 aromatic heterocycles. The molecule has 0 spiro atoms. The molecule has 1 atom stereocenters. The maximum Gasteiger partial charge on any atom is 0.317 e. The molecule has 2 saturated heterocycles. The molecule has 28 heavy (non-hydrogen) atoms. The van der Waals surface area contributed by atoms with Crippen LogP contribution in [-0.4, -0.2) is 98.1 Å². The topological polar surface area (TPSA) is 85.2 Å². The van der Waals surface area contributed by atoms with Crippen LogP contribution < -0.4 is 16.0 Å². The number of hydrogen-bond donors (Lipinski definition) is 2. The van der Waals surface area contributed by atoms with E-state index in [9.17, 15) is 9.59 Å². The number of anilines is 1. The molecule has 2 aliphatic heterocycles. The summed E-state index contributed by atoms with van der Waals surface area (Å²) < 4.78 is 0. The van der Waals surface area contributed by atoms with E-state index in [4.69, 9.17) is 5.73 Å². The molecule has 3 rings (SSSR count). The highest BCUT2D eigenvalue weighted by molar-refractivity contribution is 5.76. The van der Waals surface area contributed by atoms with Gasteiger partial charge < -0.3 is 20.9 Å². The Balaban J connectivity index is 1.36. The lowest BCUT2D eigenvalue weighted by Gasteiger charge is -2.39. The highest BCUT2D eigenvalue weighted by Crippen LogP contribution is 2.16. The zero-order valence-corrected chi connectivity index (χ0v) is 16.7. The third-order valence-electron chi connectivity index (χ3n) is 5.65. The summed E-state index contributed by atoms with van der Waals surface area (Å²) >= 11 is 0. The largest absolute Gasteiger partial charge is 0.369 e. The van der Waals surface area contributed by atoms with Crippen molar-refractivity contribution in [3.63, 3.8) is 0 Å². The van der Waals surface area contributed by atoms with Gasteiger partial charge in [0, 0.05) is 70.6 Å². The monoisotopic (exact) mass is 388 g/mol. The number of hydrogen-bond acceptors (Lipinski definition) is 5. The predicted octanol–water partition coefficient (Wildman–Crippen LogP) is 0.00960. The smallest absolute Gasteiger partial charge is 0.317 e. The van der Waals surface area contributed by atoms with Crippen molar-refractivity contribution in [3.05, 3.63) is 30.3 Å². The van der Waals surface area contributed by atoms with Gasteiger partial charge in [-0.05, 0) is 19.1 Å². The van der Waals surface area contributed by atoms with Crippen molar-refractivity contribution >= 4 is 17.6 Å². The van der Waals surface area contributed by atoms with Crippen LogP contribution in [0.5, 0.6) is 0 Å². The fourth-order valence-corrected chi connectivity index (χ4v) is 3.87. The van der Waals surface area contributed by atoms with E-state index in [1.165, 1.54) is 5.69 Å². The molecule has 8 heteroatoms. The van der Waals surface area contributed by atoms with E-state index in [1.807, 2.05) is 15.9 Å². The normalized spacial score (nSPS) is 20.0. The first-order chi connectivity index (χ1) is 13.5. The molecular weight excluding hydrogens is 356 g/mol. The van der Waals surface area contributed by atoms with E-state index < -0.39 is 0 Å². The van der Waals surface area contributed by atoms with Gasteiger partial charge in [-0.2, -0.15) is 0 Å². The summed E-state index contributed by atoms with van der Waals surface area (Å²) in [6.07, 6.45) is 0. The van der Waals surface area contributed by atoms with E-state index >= 15 is 0 Å². The molecule has 2 fully saturated rings. The van der Waals surface area contributed by atoms with Crippen LogP contribution in [0.25, 0.3) is 0 Å². The van der Waals surface area contributed by atoms with E-state index in [0.717, 1.165) is 26.2 Å². The Labute approximate surface area is 167 Å². The van der Waals surface area contributed by atoms with Gasteiger partial charge in [0.25, 0.3) is 0 Å². The molecule has 0 bridgehead atoms. The highest BCUT2D eigenvalue weighted by Gasteiger charge is 2.24. The lowest BCUT2D eigenvalue weighted by atomic mass is 10.2. The average Bonchev–Trinajstić information content (AvgIpc) is 2.72. The van der Waals surface area contributed by atoms with Gasteiger partial charge in [0.05, 0.1) is 6.54 Å². The number of carbonyl (C=O) groups is 2. The van der Waals surface area contributed by atoms with Crippen LogP contribution in [0.15, 0.2) is 30.3 Å².